The number of aromatic amines is 2. The highest BCUT2D eigenvalue weighted by molar-refractivity contribution is 7.89. The van der Waals surface area contributed by atoms with E-state index in [1.54, 1.807) is 6.20 Å². The number of aromatic nitrogens is 4. The molecule has 0 amide bonds. The summed E-state index contributed by atoms with van der Waals surface area (Å²) in [7, 11) is -3.46. The number of pyridine rings is 1. The summed E-state index contributed by atoms with van der Waals surface area (Å²) in [6, 6.07) is 3.70. The number of nitriles is 1. The van der Waals surface area contributed by atoms with Crippen molar-refractivity contribution in [2.24, 2.45) is 11.8 Å². The van der Waals surface area contributed by atoms with Crippen LogP contribution in [0.15, 0.2) is 18.5 Å². The van der Waals surface area contributed by atoms with E-state index in [1.165, 1.54) is 0 Å². The number of piperidine rings is 1. The van der Waals surface area contributed by atoms with Gasteiger partial charge in [0.1, 0.15) is 17.0 Å². The van der Waals surface area contributed by atoms with E-state index in [0.717, 1.165) is 54.5 Å². The number of H-pyrrole nitrogens is 2. The van der Waals surface area contributed by atoms with E-state index < -0.39 is 16.1 Å². The van der Waals surface area contributed by atoms with Crippen molar-refractivity contribution in [1.82, 2.24) is 29.6 Å². The number of sulfonamides is 1. The molecule has 1 aliphatic heterocycles. The maximum atomic E-state index is 12.8. The van der Waals surface area contributed by atoms with Crippen molar-refractivity contribution < 1.29 is 8.42 Å². The Hall–Kier alpha value is -2.48. The molecule has 1 atom stereocenters. The Labute approximate surface area is 182 Å². The van der Waals surface area contributed by atoms with Gasteiger partial charge in [0.2, 0.25) is 10.0 Å². The molecule has 0 saturated carbocycles. The summed E-state index contributed by atoms with van der Waals surface area (Å²) in [5.41, 5.74) is 2.34. The molecular formula is C21H29N7O2S. The molecule has 4 rings (SSSR count). The van der Waals surface area contributed by atoms with E-state index in [2.05, 4.69) is 30.6 Å². The number of hydrogen-bond donors (Lipinski definition) is 3. The van der Waals surface area contributed by atoms with Crippen molar-refractivity contribution in [3.05, 3.63) is 24.3 Å². The third-order valence-corrected chi connectivity index (χ3v) is 7.57. The first-order chi connectivity index (χ1) is 14.9. The van der Waals surface area contributed by atoms with E-state index in [4.69, 9.17) is 10.2 Å². The van der Waals surface area contributed by atoms with E-state index in [9.17, 15) is 8.42 Å². The first-order valence-electron chi connectivity index (χ1n) is 10.8. The van der Waals surface area contributed by atoms with Gasteiger partial charge in [-0.3, -0.25) is 0 Å². The number of rotatable bonds is 8. The van der Waals surface area contributed by atoms with Crippen molar-refractivity contribution in [1.29, 1.82) is 5.26 Å². The second-order valence-electron chi connectivity index (χ2n) is 8.74. The third kappa shape index (κ3) is 4.89. The minimum atomic E-state index is -3.46. The molecule has 4 heterocycles. The van der Waals surface area contributed by atoms with Crippen LogP contribution in [-0.2, 0) is 10.0 Å². The average molecular weight is 444 g/mol. The zero-order valence-electron chi connectivity index (χ0n) is 17.9. The van der Waals surface area contributed by atoms with Crippen LogP contribution in [-0.4, -0.2) is 58.6 Å². The van der Waals surface area contributed by atoms with Gasteiger partial charge in [0.25, 0.3) is 0 Å². The summed E-state index contributed by atoms with van der Waals surface area (Å²) in [5, 5.41) is 9.75. The highest BCUT2D eigenvalue weighted by atomic mass is 32.2. The van der Waals surface area contributed by atoms with Gasteiger partial charge in [-0.1, -0.05) is 13.8 Å². The van der Waals surface area contributed by atoms with Crippen LogP contribution in [0.3, 0.4) is 0 Å². The Morgan fingerprint density at radius 3 is 2.84 bits per heavy atom. The lowest BCUT2D eigenvalue weighted by Gasteiger charge is -2.35. The zero-order valence-corrected chi connectivity index (χ0v) is 18.7. The smallest absolute Gasteiger partial charge is 0.212 e. The van der Waals surface area contributed by atoms with Crippen molar-refractivity contribution >= 4 is 32.1 Å². The van der Waals surface area contributed by atoms with Crippen LogP contribution in [0.4, 0.5) is 0 Å². The third-order valence-electron chi connectivity index (χ3n) is 5.85. The standard InChI is InChI=1S/C21H29N7O2S/c1-14(2)13-31(29,30)27-18(15-5-10-28(11-6-15)9-3-7-22)21-25-17-12-24-20-16(4-8-23-20)19(17)26-21/h4,8,12,14-15,18,27H,3,5-6,9-11,13H2,1-2H3,(H,23,24)(H,25,26). The Morgan fingerprint density at radius 1 is 1.35 bits per heavy atom. The van der Waals surface area contributed by atoms with Gasteiger partial charge in [-0.05, 0) is 43.8 Å². The molecule has 3 aromatic heterocycles. The minimum Gasteiger partial charge on any atom is -0.346 e. The van der Waals surface area contributed by atoms with Gasteiger partial charge in [0.05, 0.1) is 29.6 Å². The molecule has 1 aliphatic rings. The Morgan fingerprint density at radius 2 is 2.13 bits per heavy atom. The number of nitrogens with zero attached hydrogens (tertiary/aromatic N) is 4. The number of imidazole rings is 1. The summed E-state index contributed by atoms with van der Waals surface area (Å²) >= 11 is 0. The summed E-state index contributed by atoms with van der Waals surface area (Å²) in [5.74, 6) is 0.864. The predicted octanol–water partition coefficient (Wildman–Crippen LogP) is 2.68. The first kappa shape index (κ1) is 21.7. The minimum absolute atomic E-state index is 0.0327. The molecule has 3 aromatic rings. The van der Waals surface area contributed by atoms with Crippen LogP contribution >= 0.6 is 0 Å². The highest BCUT2D eigenvalue weighted by Gasteiger charge is 2.33. The lowest BCUT2D eigenvalue weighted by molar-refractivity contribution is 0.165. The molecule has 9 nitrogen and oxygen atoms in total. The number of hydrogen-bond acceptors (Lipinski definition) is 6. The predicted molar refractivity (Wildman–Crippen MR) is 120 cm³/mol. The van der Waals surface area contributed by atoms with Gasteiger partial charge in [0, 0.05) is 24.5 Å². The number of nitrogens with one attached hydrogen (secondary N) is 3. The molecular weight excluding hydrogens is 414 g/mol. The lowest BCUT2D eigenvalue weighted by atomic mass is 9.89. The van der Waals surface area contributed by atoms with E-state index >= 15 is 0 Å². The average Bonchev–Trinajstić information content (AvgIpc) is 3.36. The van der Waals surface area contributed by atoms with Crippen molar-refractivity contribution in [3.63, 3.8) is 0 Å². The largest absolute Gasteiger partial charge is 0.346 e. The SMILES string of the molecule is CC(C)CS(=O)(=O)NC(c1nc2c(cnc3[nH]ccc32)[nH]1)C1CCN(CCC#N)CC1. The van der Waals surface area contributed by atoms with Crippen LogP contribution in [0.5, 0.6) is 0 Å². The Kier molecular flexibility index (Phi) is 6.27. The fourth-order valence-corrected chi connectivity index (χ4v) is 6.08. The van der Waals surface area contributed by atoms with Gasteiger partial charge in [-0.2, -0.15) is 5.26 Å². The maximum Gasteiger partial charge on any atom is 0.212 e. The van der Waals surface area contributed by atoms with Gasteiger partial charge in [-0.25, -0.2) is 23.1 Å². The van der Waals surface area contributed by atoms with Gasteiger partial charge < -0.3 is 14.9 Å². The van der Waals surface area contributed by atoms with E-state index in [-0.39, 0.29) is 17.6 Å². The zero-order chi connectivity index (χ0) is 22.0. The lowest BCUT2D eigenvalue weighted by Crippen LogP contribution is -2.42. The normalized spacial score (nSPS) is 17.5. The van der Waals surface area contributed by atoms with Gasteiger partial charge >= 0.3 is 0 Å². The van der Waals surface area contributed by atoms with E-state index in [1.807, 2.05) is 26.1 Å². The first-order valence-corrected chi connectivity index (χ1v) is 12.4. The Bertz CT molecular complexity index is 1180. The van der Waals surface area contributed by atoms with Crippen LogP contribution < -0.4 is 4.72 Å². The monoisotopic (exact) mass is 443 g/mol. The Balaban J connectivity index is 1.64. The number of likely N-dealkylation sites (tertiary alicyclic amines) is 1. The molecule has 0 aromatic carbocycles. The van der Waals surface area contributed by atoms with Crippen LogP contribution in [0, 0.1) is 23.2 Å². The topological polar surface area (TPSA) is 131 Å². The fourth-order valence-electron chi connectivity index (χ4n) is 4.41. The molecule has 166 valence electrons. The van der Waals surface area contributed by atoms with Crippen LogP contribution in [0.2, 0.25) is 0 Å². The molecule has 31 heavy (non-hydrogen) atoms. The van der Waals surface area contributed by atoms with E-state index in [0.29, 0.717) is 12.2 Å². The molecule has 1 unspecified atom stereocenters. The van der Waals surface area contributed by atoms with Crippen molar-refractivity contribution in [2.45, 2.75) is 39.2 Å². The fraction of sp³-hybridized carbons (Fsp3) is 0.571. The summed E-state index contributed by atoms with van der Waals surface area (Å²) in [4.78, 5) is 17.9. The second kappa shape index (κ2) is 8.94. The van der Waals surface area contributed by atoms with Crippen molar-refractivity contribution in [3.8, 4) is 6.07 Å². The molecule has 0 aliphatic carbocycles. The molecule has 3 N–H and O–H groups in total. The van der Waals surface area contributed by atoms with Crippen LogP contribution in [0.25, 0.3) is 22.1 Å². The highest BCUT2D eigenvalue weighted by Crippen LogP contribution is 2.32. The molecule has 10 heteroatoms. The molecule has 1 saturated heterocycles. The second-order valence-corrected chi connectivity index (χ2v) is 10.5. The van der Waals surface area contributed by atoms with Gasteiger partial charge in [-0.15, -0.1) is 0 Å². The maximum absolute atomic E-state index is 12.8. The molecule has 1 fully saturated rings. The molecule has 0 radical (unpaired) electrons. The van der Waals surface area contributed by atoms with Gasteiger partial charge in [0.15, 0.2) is 0 Å². The molecule has 0 bridgehead atoms. The quantitative estimate of drug-likeness (QED) is 0.491. The summed E-state index contributed by atoms with van der Waals surface area (Å²) in [6.45, 7) is 6.25. The number of fused-ring (bicyclic) bond motifs is 3. The van der Waals surface area contributed by atoms with Crippen molar-refractivity contribution in [2.75, 3.05) is 25.4 Å². The summed E-state index contributed by atoms with van der Waals surface area (Å²) in [6.07, 6.45) is 5.75. The summed E-state index contributed by atoms with van der Waals surface area (Å²) < 4.78 is 28.6. The van der Waals surface area contributed by atoms with Crippen LogP contribution in [0.1, 0.15) is 45.0 Å². The molecule has 0 spiro atoms.